The molecule has 5 nitrogen and oxygen atoms in total. The minimum Gasteiger partial charge on any atom is -0.352 e. The van der Waals surface area contributed by atoms with Gasteiger partial charge in [-0.05, 0) is 31.5 Å². The standard InChI is InChI=1S/C13H18ClN3O2/c1-3-6-16-13(19)10-5-4-9(7-11(10)14)17-12(18)8(2)15/h4-5,7-8H,3,6,15H2,1-2H3,(H,16,19)(H,17,18)/t8-/m0/s1. The lowest BCUT2D eigenvalue weighted by Gasteiger charge is -2.10. The summed E-state index contributed by atoms with van der Waals surface area (Å²) in [5, 5.41) is 5.64. The Morgan fingerprint density at radius 3 is 2.63 bits per heavy atom. The van der Waals surface area contributed by atoms with E-state index in [2.05, 4.69) is 10.6 Å². The summed E-state index contributed by atoms with van der Waals surface area (Å²) < 4.78 is 0. The van der Waals surface area contributed by atoms with Crippen molar-refractivity contribution in [2.24, 2.45) is 5.73 Å². The Kier molecular flexibility index (Phi) is 5.79. The number of rotatable bonds is 5. The Bertz CT molecular complexity index is 475. The van der Waals surface area contributed by atoms with Gasteiger partial charge in [-0.1, -0.05) is 18.5 Å². The Hall–Kier alpha value is -1.59. The molecule has 104 valence electrons. The molecule has 1 rings (SSSR count). The van der Waals surface area contributed by atoms with Crippen LogP contribution in [0.25, 0.3) is 0 Å². The summed E-state index contributed by atoms with van der Waals surface area (Å²) in [5.41, 5.74) is 6.34. The van der Waals surface area contributed by atoms with E-state index in [1.165, 1.54) is 6.07 Å². The Balaban J connectivity index is 2.80. The van der Waals surface area contributed by atoms with E-state index in [-0.39, 0.29) is 16.8 Å². The molecule has 1 atom stereocenters. The lowest BCUT2D eigenvalue weighted by Crippen LogP contribution is -2.32. The zero-order chi connectivity index (χ0) is 14.4. The number of hydrogen-bond donors (Lipinski definition) is 3. The van der Waals surface area contributed by atoms with Crippen LogP contribution in [-0.4, -0.2) is 24.4 Å². The molecule has 6 heteroatoms. The third-order valence-electron chi connectivity index (χ3n) is 2.43. The van der Waals surface area contributed by atoms with Crippen molar-refractivity contribution >= 4 is 29.1 Å². The quantitative estimate of drug-likeness (QED) is 0.770. The van der Waals surface area contributed by atoms with Crippen molar-refractivity contribution in [3.8, 4) is 0 Å². The van der Waals surface area contributed by atoms with Gasteiger partial charge in [-0.25, -0.2) is 0 Å². The van der Waals surface area contributed by atoms with Crippen molar-refractivity contribution in [3.63, 3.8) is 0 Å². The third kappa shape index (κ3) is 4.54. The number of nitrogens with one attached hydrogen (secondary N) is 2. The van der Waals surface area contributed by atoms with Gasteiger partial charge in [0.25, 0.3) is 5.91 Å². The zero-order valence-electron chi connectivity index (χ0n) is 11.0. The van der Waals surface area contributed by atoms with Crippen molar-refractivity contribution in [2.45, 2.75) is 26.3 Å². The van der Waals surface area contributed by atoms with E-state index in [1.54, 1.807) is 19.1 Å². The Labute approximate surface area is 117 Å². The molecular weight excluding hydrogens is 266 g/mol. The first kappa shape index (κ1) is 15.5. The van der Waals surface area contributed by atoms with Crippen molar-refractivity contribution in [3.05, 3.63) is 28.8 Å². The average Bonchev–Trinajstić information content (AvgIpc) is 2.35. The molecule has 0 saturated heterocycles. The van der Waals surface area contributed by atoms with Crippen molar-refractivity contribution in [1.82, 2.24) is 5.32 Å². The van der Waals surface area contributed by atoms with Gasteiger partial charge in [-0.3, -0.25) is 9.59 Å². The number of carbonyl (C=O) groups is 2. The van der Waals surface area contributed by atoms with Crippen LogP contribution >= 0.6 is 11.6 Å². The van der Waals surface area contributed by atoms with Crippen LogP contribution in [0.4, 0.5) is 5.69 Å². The molecular formula is C13H18ClN3O2. The molecule has 0 spiro atoms. The maximum atomic E-state index is 11.8. The summed E-state index contributed by atoms with van der Waals surface area (Å²) in [4.78, 5) is 23.2. The van der Waals surface area contributed by atoms with Gasteiger partial charge in [0.1, 0.15) is 0 Å². The smallest absolute Gasteiger partial charge is 0.252 e. The van der Waals surface area contributed by atoms with Gasteiger partial charge < -0.3 is 16.4 Å². The van der Waals surface area contributed by atoms with Gasteiger partial charge in [-0.2, -0.15) is 0 Å². The summed E-state index contributed by atoms with van der Waals surface area (Å²) in [7, 11) is 0. The number of hydrogen-bond acceptors (Lipinski definition) is 3. The molecule has 0 unspecified atom stereocenters. The normalized spacial score (nSPS) is 11.8. The molecule has 0 aromatic heterocycles. The molecule has 0 aliphatic carbocycles. The SMILES string of the molecule is CCCNC(=O)c1ccc(NC(=O)[C@H](C)N)cc1Cl. The maximum Gasteiger partial charge on any atom is 0.252 e. The number of anilines is 1. The van der Waals surface area contributed by atoms with Crippen LogP contribution in [-0.2, 0) is 4.79 Å². The predicted molar refractivity (Wildman–Crippen MR) is 76.4 cm³/mol. The molecule has 2 amide bonds. The second-order valence-electron chi connectivity index (χ2n) is 4.23. The van der Waals surface area contributed by atoms with Gasteiger partial charge in [-0.15, -0.1) is 0 Å². The summed E-state index contributed by atoms with van der Waals surface area (Å²) in [6, 6.07) is 4.12. The fourth-order valence-electron chi connectivity index (χ4n) is 1.37. The Morgan fingerprint density at radius 1 is 1.42 bits per heavy atom. The van der Waals surface area contributed by atoms with E-state index < -0.39 is 6.04 Å². The number of halogens is 1. The molecule has 1 aromatic carbocycles. The fourth-order valence-corrected chi connectivity index (χ4v) is 1.63. The van der Waals surface area contributed by atoms with Crippen molar-refractivity contribution < 1.29 is 9.59 Å². The molecule has 0 radical (unpaired) electrons. The van der Waals surface area contributed by atoms with Crippen LogP contribution in [0.2, 0.25) is 5.02 Å². The van der Waals surface area contributed by atoms with Gasteiger partial charge in [0.2, 0.25) is 5.91 Å². The number of amides is 2. The van der Waals surface area contributed by atoms with E-state index in [1.807, 2.05) is 6.92 Å². The molecule has 19 heavy (non-hydrogen) atoms. The van der Waals surface area contributed by atoms with Gasteiger partial charge in [0, 0.05) is 12.2 Å². The summed E-state index contributed by atoms with van der Waals surface area (Å²) in [6.07, 6.45) is 0.853. The topological polar surface area (TPSA) is 84.2 Å². The van der Waals surface area contributed by atoms with Crippen LogP contribution in [0, 0.1) is 0 Å². The van der Waals surface area contributed by atoms with E-state index in [9.17, 15) is 9.59 Å². The highest BCUT2D eigenvalue weighted by atomic mass is 35.5. The zero-order valence-corrected chi connectivity index (χ0v) is 11.8. The van der Waals surface area contributed by atoms with Crippen LogP contribution in [0.5, 0.6) is 0 Å². The lowest BCUT2D eigenvalue weighted by atomic mass is 10.2. The largest absolute Gasteiger partial charge is 0.352 e. The molecule has 0 saturated carbocycles. The van der Waals surface area contributed by atoms with Gasteiger partial charge in [0.15, 0.2) is 0 Å². The van der Waals surface area contributed by atoms with E-state index in [0.29, 0.717) is 17.8 Å². The summed E-state index contributed by atoms with van der Waals surface area (Å²) in [6.45, 7) is 4.15. The maximum absolute atomic E-state index is 11.8. The van der Waals surface area contributed by atoms with Crippen LogP contribution in [0.3, 0.4) is 0 Å². The van der Waals surface area contributed by atoms with Crippen LogP contribution < -0.4 is 16.4 Å². The number of carbonyl (C=O) groups excluding carboxylic acids is 2. The average molecular weight is 284 g/mol. The minimum absolute atomic E-state index is 0.225. The summed E-state index contributed by atoms with van der Waals surface area (Å²) in [5.74, 6) is -0.531. The van der Waals surface area contributed by atoms with Crippen molar-refractivity contribution in [2.75, 3.05) is 11.9 Å². The highest BCUT2D eigenvalue weighted by Gasteiger charge is 2.12. The molecule has 1 aromatic rings. The summed E-state index contributed by atoms with van der Waals surface area (Å²) >= 11 is 6.02. The second-order valence-corrected chi connectivity index (χ2v) is 4.64. The monoisotopic (exact) mass is 283 g/mol. The van der Waals surface area contributed by atoms with Crippen LogP contribution in [0.1, 0.15) is 30.6 Å². The number of benzene rings is 1. The fraction of sp³-hybridized carbons (Fsp3) is 0.385. The lowest BCUT2D eigenvalue weighted by molar-refractivity contribution is -0.117. The first-order valence-electron chi connectivity index (χ1n) is 6.10. The van der Waals surface area contributed by atoms with Gasteiger partial charge >= 0.3 is 0 Å². The molecule has 0 aliphatic heterocycles. The molecule has 0 aliphatic rings. The highest BCUT2D eigenvalue weighted by molar-refractivity contribution is 6.34. The molecule has 0 bridgehead atoms. The van der Waals surface area contributed by atoms with Gasteiger partial charge in [0.05, 0.1) is 16.6 Å². The molecule has 0 fully saturated rings. The Morgan fingerprint density at radius 2 is 2.11 bits per heavy atom. The molecule has 0 heterocycles. The second kappa shape index (κ2) is 7.11. The minimum atomic E-state index is -0.605. The third-order valence-corrected chi connectivity index (χ3v) is 2.74. The predicted octanol–water partition coefficient (Wildman–Crippen LogP) is 1.77. The van der Waals surface area contributed by atoms with E-state index in [4.69, 9.17) is 17.3 Å². The highest BCUT2D eigenvalue weighted by Crippen LogP contribution is 2.21. The van der Waals surface area contributed by atoms with Crippen LogP contribution in [0.15, 0.2) is 18.2 Å². The first-order chi connectivity index (χ1) is 8.95. The number of nitrogens with two attached hydrogens (primary N) is 1. The van der Waals surface area contributed by atoms with E-state index >= 15 is 0 Å². The van der Waals surface area contributed by atoms with Crippen molar-refractivity contribution in [1.29, 1.82) is 0 Å². The molecule has 4 N–H and O–H groups in total. The van der Waals surface area contributed by atoms with E-state index in [0.717, 1.165) is 6.42 Å². The first-order valence-corrected chi connectivity index (χ1v) is 6.47.